The number of carbonyl (C=O) groups excluding carboxylic acids is 1. The lowest BCUT2D eigenvalue weighted by molar-refractivity contribution is -0.124. The van der Waals surface area contributed by atoms with E-state index >= 15 is 0 Å². The van der Waals surface area contributed by atoms with Crippen molar-refractivity contribution < 1.29 is 9.53 Å². The van der Waals surface area contributed by atoms with E-state index in [1.54, 1.807) is 18.6 Å². The van der Waals surface area contributed by atoms with Crippen molar-refractivity contribution in [2.45, 2.75) is 33.9 Å². The largest absolute Gasteiger partial charge is 0.487 e. The number of amides is 1. The average molecular weight is 508 g/mol. The van der Waals surface area contributed by atoms with Gasteiger partial charge in [-0.25, -0.2) is 4.98 Å². The number of fused-ring (bicyclic) bond motifs is 1. The minimum Gasteiger partial charge on any atom is -0.487 e. The molecule has 7 nitrogen and oxygen atoms in total. The normalized spacial score (nSPS) is 11.2. The van der Waals surface area contributed by atoms with E-state index < -0.39 is 0 Å². The summed E-state index contributed by atoms with van der Waals surface area (Å²) >= 11 is 3.58. The van der Waals surface area contributed by atoms with Crippen LogP contribution in [0.4, 0.5) is 0 Å². The summed E-state index contributed by atoms with van der Waals surface area (Å²) in [4.78, 5) is 21.1. The first-order chi connectivity index (χ1) is 15.8. The number of nitrogens with zero attached hydrogens (tertiary/aromatic N) is 4. The number of rotatable bonds is 7. The number of hydrogen-bond donors (Lipinski definition) is 1. The van der Waals surface area contributed by atoms with Crippen LogP contribution in [0.1, 0.15) is 30.7 Å². The lowest BCUT2D eigenvalue weighted by Gasteiger charge is -2.16. The number of halogens is 1. The zero-order valence-electron chi connectivity index (χ0n) is 19.1. The fraction of sp³-hybridized carbons (Fsp3) is 0.280. The minimum atomic E-state index is -0.0802. The van der Waals surface area contributed by atoms with Crippen molar-refractivity contribution in [1.29, 1.82) is 0 Å². The van der Waals surface area contributed by atoms with Crippen molar-refractivity contribution in [1.82, 2.24) is 25.1 Å². The Bertz CT molecular complexity index is 1320. The third-order valence-electron chi connectivity index (χ3n) is 5.47. The fourth-order valence-corrected chi connectivity index (χ4v) is 4.16. The van der Waals surface area contributed by atoms with Gasteiger partial charge in [0.15, 0.2) is 0 Å². The van der Waals surface area contributed by atoms with Gasteiger partial charge in [-0.15, -0.1) is 0 Å². The predicted molar refractivity (Wildman–Crippen MR) is 132 cm³/mol. The molecule has 0 aliphatic rings. The van der Waals surface area contributed by atoms with Crippen LogP contribution in [0.15, 0.2) is 53.4 Å². The van der Waals surface area contributed by atoms with Crippen molar-refractivity contribution in [2.24, 2.45) is 13.0 Å². The molecule has 170 valence electrons. The van der Waals surface area contributed by atoms with Crippen molar-refractivity contribution >= 4 is 32.7 Å². The van der Waals surface area contributed by atoms with E-state index in [1.807, 2.05) is 56.8 Å². The first-order valence-electron chi connectivity index (χ1n) is 10.8. The Hall–Kier alpha value is -3.26. The van der Waals surface area contributed by atoms with Crippen LogP contribution >= 0.6 is 15.9 Å². The van der Waals surface area contributed by atoms with E-state index in [0.29, 0.717) is 18.9 Å². The summed E-state index contributed by atoms with van der Waals surface area (Å²) in [6.45, 7) is 6.41. The minimum absolute atomic E-state index is 0.00160. The van der Waals surface area contributed by atoms with E-state index in [2.05, 4.69) is 37.4 Å². The second-order valence-corrected chi connectivity index (χ2v) is 9.08. The molecule has 1 aromatic carbocycles. The Kier molecular flexibility index (Phi) is 6.74. The molecular formula is C25H26BrN5O2. The van der Waals surface area contributed by atoms with Crippen LogP contribution < -0.4 is 10.1 Å². The summed E-state index contributed by atoms with van der Waals surface area (Å²) in [5.74, 6) is 0.613. The quantitative estimate of drug-likeness (QED) is 0.382. The highest BCUT2D eigenvalue weighted by Crippen LogP contribution is 2.33. The maximum absolute atomic E-state index is 12.0. The summed E-state index contributed by atoms with van der Waals surface area (Å²) in [5.41, 5.74) is 5.61. The maximum atomic E-state index is 12.0. The molecule has 0 aliphatic heterocycles. The Balaban J connectivity index is 1.66. The lowest BCUT2D eigenvalue weighted by atomic mass is 10.0. The predicted octanol–water partition coefficient (Wildman–Crippen LogP) is 4.95. The number of aryl methyl sites for hydroxylation is 2. The van der Waals surface area contributed by atoms with Gasteiger partial charge in [0.25, 0.3) is 0 Å². The van der Waals surface area contributed by atoms with Gasteiger partial charge < -0.3 is 10.1 Å². The Labute approximate surface area is 201 Å². The average Bonchev–Trinajstić information content (AvgIpc) is 3.21. The smallest absolute Gasteiger partial charge is 0.222 e. The molecule has 0 aliphatic carbocycles. The van der Waals surface area contributed by atoms with Crippen molar-refractivity contribution in [3.8, 4) is 17.0 Å². The van der Waals surface area contributed by atoms with Gasteiger partial charge in [-0.3, -0.25) is 14.5 Å². The van der Waals surface area contributed by atoms with Crippen molar-refractivity contribution in [3.05, 3.63) is 70.2 Å². The number of hydrogen-bond acceptors (Lipinski definition) is 5. The molecule has 4 aromatic rings. The standard InChI is InChI=1S/C25H26BrN5O2/c1-15(2)25(32)28-12-17-11-27-13-21(26)20(17)14-33-23-7-5-6-18-19(10-16(3)30-24(18)23)22-8-9-29-31(22)4/h5-11,13,15H,12,14H2,1-4H3,(H,28,32). The molecule has 0 atom stereocenters. The van der Waals surface area contributed by atoms with Crippen LogP contribution in [0.3, 0.4) is 0 Å². The topological polar surface area (TPSA) is 81.9 Å². The van der Waals surface area contributed by atoms with Crippen molar-refractivity contribution in [2.75, 3.05) is 0 Å². The van der Waals surface area contributed by atoms with Gasteiger partial charge in [0.2, 0.25) is 5.91 Å². The molecule has 3 aromatic heterocycles. The van der Waals surface area contributed by atoms with Crippen LogP contribution in [0.5, 0.6) is 5.75 Å². The molecule has 1 N–H and O–H groups in total. The second kappa shape index (κ2) is 9.70. The molecule has 33 heavy (non-hydrogen) atoms. The highest BCUT2D eigenvalue weighted by Gasteiger charge is 2.15. The maximum Gasteiger partial charge on any atom is 0.222 e. The first-order valence-corrected chi connectivity index (χ1v) is 11.5. The lowest BCUT2D eigenvalue weighted by Crippen LogP contribution is -2.27. The number of nitrogens with one attached hydrogen (secondary N) is 1. The number of ether oxygens (including phenoxy) is 1. The van der Waals surface area contributed by atoms with Gasteiger partial charge in [-0.05, 0) is 46.6 Å². The van der Waals surface area contributed by atoms with Crippen LogP contribution in [-0.2, 0) is 25.0 Å². The number of aromatic nitrogens is 4. The van der Waals surface area contributed by atoms with Crippen LogP contribution in [0.25, 0.3) is 22.2 Å². The van der Waals surface area contributed by atoms with Crippen LogP contribution in [0.2, 0.25) is 0 Å². The third kappa shape index (κ3) is 4.90. The number of pyridine rings is 2. The van der Waals surface area contributed by atoms with Crippen LogP contribution in [0, 0.1) is 12.8 Å². The SMILES string of the molecule is Cc1cc(-c2ccnn2C)c2cccc(OCc3c(Br)cncc3CNC(=O)C(C)C)c2n1. The van der Waals surface area contributed by atoms with Crippen molar-refractivity contribution in [3.63, 3.8) is 0 Å². The summed E-state index contributed by atoms with van der Waals surface area (Å²) in [6.07, 6.45) is 5.28. The Morgan fingerprint density at radius 1 is 1.24 bits per heavy atom. The van der Waals surface area contributed by atoms with Crippen LogP contribution in [-0.4, -0.2) is 25.7 Å². The summed E-state index contributed by atoms with van der Waals surface area (Å²) in [5, 5.41) is 8.27. The highest BCUT2D eigenvalue weighted by molar-refractivity contribution is 9.10. The molecule has 0 fully saturated rings. The molecule has 3 heterocycles. The van der Waals surface area contributed by atoms with E-state index in [1.165, 1.54) is 0 Å². The fourth-order valence-electron chi connectivity index (χ4n) is 3.67. The Morgan fingerprint density at radius 2 is 2.06 bits per heavy atom. The van der Waals surface area contributed by atoms with E-state index in [4.69, 9.17) is 9.72 Å². The molecular weight excluding hydrogens is 482 g/mol. The number of para-hydroxylation sites is 1. The second-order valence-electron chi connectivity index (χ2n) is 8.22. The third-order valence-corrected chi connectivity index (χ3v) is 6.15. The van der Waals surface area contributed by atoms with Gasteiger partial charge in [0.05, 0.1) is 5.69 Å². The first kappa shape index (κ1) is 22.9. The zero-order valence-corrected chi connectivity index (χ0v) is 20.7. The molecule has 0 radical (unpaired) electrons. The summed E-state index contributed by atoms with van der Waals surface area (Å²) < 4.78 is 8.97. The molecule has 8 heteroatoms. The molecule has 0 spiro atoms. The van der Waals surface area contributed by atoms with Gasteiger partial charge in [-0.1, -0.05) is 26.0 Å². The molecule has 0 saturated carbocycles. The Morgan fingerprint density at radius 3 is 2.79 bits per heavy atom. The van der Waals surface area contributed by atoms with E-state index in [9.17, 15) is 4.79 Å². The van der Waals surface area contributed by atoms with Gasteiger partial charge >= 0.3 is 0 Å². The molecule has 0 unspecified atom stereocenters. The zero-order chi connectivity index (χ0) is 23.5. The summed E-state index contributed by atoms with van der Waals surface area (Å²) in [7, 11) is 1.93. The molecule has 0 saturated heterocycles. The van der Waals surface area contributed by atoms with E-state index in [-0.39, 0.29) is 11.8 Å². The molecule has 1 amide bonds. The number of benzene rings is 1. The van der Waals surface area contributed by atoms with E-state index in [0.717, 1.165) is 43.5 Å². The number of carbonyl (C=O) groups is 1. The molecule has 0 bridgehead atoms. The van der Waals surface area contributed by atoms with Gasteiger partial charge in [-0.2, -0.15) is 5.10 Å². The highest BCUT2D eigenvalue weighted by atomic mass is 79.9. The molecule has 4 rings (SSSR count). The monoisotopic (exact) mass is 507 g/mol. The summed E-state index contributed by atoms with van der Waals surface area (Å²) in [6, 6.07) is 10.0. The van der Waals surface area contributed by atoms with Gasteiger partial charge in [0, 0.05) is 64.8 Å². The van der Waals surface area contributed by atoms with Gasteiger partial charge in [0.1, 0.15) is 17.9 Å².